The van der Waals surface area contributed by atoms with Crippen LogP contribution in [0.4, 0.5) is 0 Å². The molecule has 0 unspecified atom stereocenters. The van der Waals surface area contributed by atoms with E-state index in [1.165, 1.54) is 11.1 Å². The highest BCUT2D eigenvalue weighted by molar-refractivity contribution is 5.60. The van der Waals surface area contributed by atoms with Crippen LogP contribution in [0.5, 0.6) is 0 Å². The molecule has 1 aliphatic carbocycles. The van der Waals surface area contributed by atoms with Crippen molar-refractivity contribution in [2.75, 3.05) is 0 Å². The predicted octanol–water partition coefficient (Wildman–Crippen LogP) is 4.02. The maximum Gasteiger partial charge on any atom is -0.00119 e. The summed E-state index contributed by atoms with van der Waals surface area (Å²) in [5, 5.41) is 0. The van der Waals surface area contributed by atoms with Crippen molar-refractivity contribution in [1.82, 2.24) is 0 Å². The molecule has 0 heteroatoms. The summed E-state index contributed by atoms with van der Waals surface area (Å²) in [4.78, 5) is 0. The van der Waals surface area contributed by atoms with Gasteiger partial charge in [0.1, 0.15) is 0 Å². The lowest BCUT2D eigenvalue weighted by Crippen LogP contribution is -2.37. The first-order valence-electron chi connectivity index (χ1n) is 5.24. The van der Waals surface area contributed by atoms with Gasteiger partial charge in [-0.05, 0) is 22.0 Å². The van der Waals surface area contributed by atoms with Crippen molar-refractivity contribution in [3.05, 3.63) is 41.5 Å². The first-order chi connectivity index (χ1) is 6.45. The zero-order valence-electron chi connectivity index (χ0n) is 9.46. The number of fused-ring (bicyclic) bond motifs is 1. The molecule has 0 bridgehead atoms. The molecule has 0 radical (unpaired) electrons. The minimum atomic E-state index is 0.221. The van der Waals surface area contributed by atoms with Crippen LogP contribution in [0.1, 0.15) is 38.8 Å². The zero-order chi connectivity index (χ0) is 10.4. The standard InChI is InChI=1S/C14H18/c1-13(2)10-9-11-7-5-6-8-12(11)14(13,3)4/h5-10H,1-4H3. The van der Waals surface area contributed by atoms with Gasteiger partial charge in [-0.15, -0.1) is 0 Å². The van der Waals surface area contributed by atoms with Gasteiger partial charge in [-0.25, -0.2) is 0 Å². The summed E-state index contributed by atoms with van der Waals surface area (Å²) in [5.41, 5.74) is 3.30. The fourth-order valence-electron chi connectivity index (χ4n) is 2.07. The van der Waals surface area contributed by atoms with E-state index in [0.717, 1.165) is 0 Å². The SMILES string of the molecule is CC1(C)C=Cc2ccccc2C1(C)C. The van der Waals surface area contributed by atoms with Crippen LogP contribution in [0, 0.1) is 5.41 Å². The molecule has 0 saturated heterocycles. The van der Waals surface area contributed by atoms with Crippen LogP contribution < -0.4 is 0 Å². The quantitative estimate of drug-likeness (QED) is 0.574. The molecular formula is C14H18. The van der Waals surface area contributed by atoms with Gasteiger partial charge >= 0.3 is 0 Å². The van der Waals surface area contributed by atoms with E-state index in [0.29, 0.717) is 0 Å². The fraction of sp³-hybridized carbons (Fsp3) is 0.429. The summed E-state index contributed by atoms with van der Waals surface area (Å²) in [6, 6.07) is 8.69. The molecule has 14 heavy (non-hydrogen) atoms. The molecule has 0 saturated carbocycles. The molecule has 2 rings (SSSR count). The summed E-state index contributed by atoms with van der Waals surface area (Å²) in [6.07, 6.45) is 4.58. The largest absolute Gasteiger partial charge is 0.0774 e. The van der Waals surface area contributed by atoms with Gasteiger partial charge in [-0.3, -0.25) is 0 Å². The molecule has 0 aromatic heterocycles. The van der Waals surface area contributed by atoms with Crippen LogP contribution in [-0.4, -0.2) is 0 Å². The average molecular weight is 186 g/mol. The molecule has 0 atom stereocenters. The molecule has 1 aromatic carbocycles. The van der Waals surface area contributed by atoms with E-state index in [4.69, 9.17) is 0 Å². The van der Waals surface area contributed by atoms with E-state index in [1.807, 2.05) is 0 Å². The van der Waals surface area contributed by atoms with Crippen molar-refractivity contribution >= 4 is 6.08 Å². The summed E-state index contributed by atoms with van der Waals surface area (Å²) in [6.45, 7) is 9.27. The van der Waals surface area contributed by atoms with Crippen LogP contribution in [0.3, 0.4) is 0 Å². The van der Waals surface area contributed by atoms with E-state index in [2.05, 4.69) is 64.1 Å². The molecule has 0 nitrogen and oxygen atoms in total. The van der Waals surface area contributed by atoms with Crippen molar-refractivity contribution in [2.24, 2.45) is 5.41 Å². The summed E-state index contributed by atoms with van der Waals surface area (Å²) >= 11 is 0. The Morgan fingerprint density at radius 2 is 1.57 bits per heavy atom. The first-order valence-corrected chi connectivity index (χ1v) is 5.24. The first kappa shape index (κ1) is 9.51. The molecule has 1 aliphatic rings. The third kappa shape index (κ3) is 1.13. The van der Waals surface area contributed by atoms with Crippen molar-refractivity contribution in [2.45, 2.75) is 33.1 Å². The third-order valence-electron chi connectivity index (χ3n) is 3.92. The van der Waals surface area contributed by atoms with Crippen LogP contribution in [0.15, 0.2) is 30.3 Å². The van der Waals surface area contributed by atoms with E-state index in [-0.39, 0.29) is 10.8 Å². The van der Waals surface area contributed by atoms with Crippen LogP contribution in [-0.2, 0) is 5.41 Å². The van der Waals surface area contributed by atoms with Crippen molar-refractivity contribution < 1.29 is 0 Å². The van der Waals surface area contributed by atoms with Crippen molar-refractivity contribution in [3.63, 3.8) is 0 Å². The Labute approximate surface area is 86.7 Å². The minimum Gasteiger partial charge on any atom is -0.0774 e. The van der Waals surface area contributed by atoms with Gasteiger partial charge < -0.3 is 0 Å². The van der Waals surface area contributed by atoms with Gasteiger partial charge in [0.05, 0.1) is 0 Å². The second kappa shape index (κ2) is 2.73. The Balaban J connectivity index is 2.66. The molecule has 0 spiro atoms. The summed E-state index contributed by atoms with van der Waals surface area (Å²) in [5.74, 6) is 0. The van der Waals surface area contributed by atoms with Gasteiger partial charge in [0.15, 0.2) is 0 Å². The highest BCUT2D eigenvalue weighted by Gasteiger charge is 2.39. The maximum absolute atomic E-state index is 2.33. The minimum absolute atomic E-state index is 0.221. The lowest BCUT2D eigenvalue weighted by Gasteiger charge is -2.43. The fourth-order valence-corrected chi connectivity index (χ4v) is 2.07. The predicted molar refractivity (Wildman–Crippen MR) is 62.3 cm³/mol. The van der Waals surface area contributed by atoms with E-state index < -0.39 is 0 Å². The van der Waals surface area contributed by atoms with Gasteiger partial charge in [0.25, 0.3) is 0 Å². The second-order valence-corrected chi connectivity index (χ2v) is 5.27. The van der Waals surface area contributed by atoms with Crippen LogP contribution in [0.25, 0.3) is 6.08 Å². The number of benzene rings is 1. The molecular weight excluding hydrogens is 168 g/mol. The van der Waals surface area contributed by atoms with Gasteiger partial charge in [0.2, 0.25) is 0 Å². The molecule has 0 N–H and O–H groups in total. The number of allylic oxidation sites excluding steroid dienone is 1. The van der Waals surface area contributed by atoms with Crippen molar-refractivity contribution in [1.29, 1.82) is 0 Å². The highest BCUT2D eigenvalue weighted by Crippen LogP contribution is 2.47. The molecule has 74 valence electrons. The Morgan fingerprint density at radius 1 is 0.929 bits per heavy atom. The second-order valence-electron chi connectivity index (χ2n) is 5.27. The Bertz CT molecular complexity index is 381. The molecule has 0 heterocycles. The smallest absolute Gasteiger partial charge is 0.00119 e. The normalized spacial score (nSPS) is 21.7. The Kier molecular flexibility index (Phi) is 1.85. The number of hydrogen-bond acceptors (Lipinski definition) is 0. The van der Waals surface area contributed by atoms with Crippen LogP contribution >= 0.6 is 0 Å². The average Bonchev–Trinajstić information content (AvgIpc) is 2.13. The van der Waals surface area contributed by atoms with Crippen molar-refractivity contribution in [3.8, 4) is 0 Å². The Hall–Kier alpha value is -1.04. The van der Waals surface area contributed by atoms with E-state index in [9.17, 15) is 0 Å². The summed E-state index contributed by atoms with van der Waals surface area (Å²) in [7, 11) is 0. The van der Waals surface area contributed by atoms with Gasteiger partial charge in [-0.1, -0.05) is 64.1 Å². The molecule has 0 amide bonds. The summed E-state index contributed by atoms with van der Waals surface area (Å²) < 4.78 is 0. The molecule has 0 aliphatic heterocycles. The number of rotatable bonds is 0. The third-order valence-corrected chi connectivity index (χ3v) is 3.92. The molecule has 1 aromatic rings. The monoisotopic (exact) mass is 186 g/mol. The van der Waals surface area contributed by atoms with Crippen LogP contribution in [0.2, 0.25) is 0 Å². The lowest BCUT2D eigenvalue weighted by atomic mass is 9.60. The Morgan fingerprint density at radius 3 is 2.29 bits per heavy atom. The maximum atomic E-state index is 2.33. The van der Waals surface area contributed by atoms with Gasteiger partial charge in [-0.2, -0.15) is 0 Å². The topological polar surface area (TPSA) is 0 Å². The lowest BCUT2D eigenvalue weighted by molar-refractivity contribution is 0.264. The van der Waals surface area contributed by atoms with E-state index >= 15 is 0 Å². The van der Waals surface area contributed by atoms with E-state index in [1.54, 1.807) is 0 Å². The molecule has 0 fully saturated rings. The van der Waals surface area contributed by atoms with Gasteiger partial charge in [0, 0.05) is 0 Å². The highest BCUT2D eigenvalue weighted by atomic mass is 14.4. The zero-order valence-corrected chi connectivity index (χ0v) is 9.46. The number of hydrogen-bond donors (Lipinski definition) is 0.